The van der Waals surface area contributed by atoms with Crippen molar-refractivity contribution in [3.05, 3.63) is 96.2 Å². The number of nitrogens with zero attached hydrogens (tertiary/aromatic N) is 1. The number of fused-ring (bicyclic) bond motifs is 1. The summed E-state index contributed by atoms with van der Waals surface area (Å²) in [6.45, 7) is 3.43. The highest BCUT2D eigenvalue weighted by Crippen LogP contribution is 2.38. The van der Waals surface area contributed by atoms with Crippen molar-refractivity contribution in [3.8, 4) is 0 Å². The number of para-hydroxylation sites is 1. The van der Waals surface area contributed by atoms with Gasteiger partial charge in [0.1, 0.15) is 10.3 Å². The van der Waals surface area contributed by atoms with Crippen molar-refractivity contribution in [3.63, 3.8) is 0 Å². The predicted molar refractivity (Wildman–Crippen MR) is 113 cm³/mol. The second-order valence-electron chi connectivity index (χ2n) is 7.60. The van der Waals surface area contributed by atoms with E-state index in [0.717, 1.165) is 5.39 Å². The van der Waals surface area contributed by atoms with Crippen LogP contribution in [0.15, 0.2) is 85.1 Å². The third kappa shape index (κ3) is 2.74. The number of aromatic nitrogens is 1. The highest BCUT2D eigenvalue weighted by atomic mass is 32.2. The van der Waals surface area contributed by atoms with E-state index in [1.165, 1.54) is 3.97 Å². The van der Waals surface area contributed by atoms with E-state index < -0.39 is 20.4 Å². The fourth-order valence-electron chi connectivity index (χ4n) is 3.78. The van der Waals surface area contributed by atoms with Crippen LogP contribution in [0.1, 0.15) is 31.4 Å². The minimum Gasteiger partial charge on any atom is -0.381 e. The molecule has 5 heteroatoms. The maximum atomic E-state index is 13.6. The number of benzene rings is 2. The highest BCUT2D eigenvalue weighted by molar-refractivity contribution is 7.91. The topological polar surface area (TPSA) is 59.3 Å². The van der Waals surface area contributed by atoms with E-state index in [4.69, 9.17) is 0 Å². The molecule has 4 rings (SSSR count). The van der Waals surface area contributed by atoms with Gasteiger partial charge in [-0.1, -0.05) is 72.8 Å². The minimum atomic E-state index is -3.74. The Morgan fingerprint density at radius 1 is 1.04 bits per heavy atom. The second-order valence-corrected chi connectivity index (χ2v) is 9.88. The van der Waals surface area contributed by atoms with Crippen molar-refractivity contribution in [1.82, 2.24) is 3.97 Å². The fourth-order valence-corrected chi connectivity index (χ4v) is 5.45. The molecule has 1 heterocycles. The molecule has 2 atom stereocenters. The van der Waals surface area contributed by atoms with Crippen LogP contribution in [0.5, 0.6) is 0 Å². The van der Waals surface area contributed by atoms with Crippen LogP contribution in [0.2, 0.25) is 0 Å². The van der Waals surface area contributed by atoms with Crippen LogP contribution in [0.3, 0.4) is 0 Å². The van der Waals surface area contributed by atoms with Gasteiger partial charge < -0.3 is 5.11 Å². The lowest BCUT2D eigenvalue weighted by Crippen LogP contribution is -2.37. The van der Waals surface area contributed by atoms with Crippen molar-refractivity contribution >= 4 is 20.9 Å². The van der Waals surface area contributed by atoms with E-state index in [9.17, 15) is 13.5 Å². The summed E-state index contributed by atoms with van der Waals surface area (Å²) in [6, 6.07) is 16.6. The van der Waals surface area contributed by atoms with Gasteiger partial charge in [-0.05, 0) is 31.9 Å². The molecule has 1 N–H and O–H groups in total. The van der Waals surface area contributed by atoms with Gasteiger partial charge in [0.25, 0.3) is 0 Å². The molecule has 28 heavy (non-hydrogen) atoms. The van der Waals surface area contributed by atoms with Gasteiger partial charge in [-0.25, -0.2) is 12.4 Å². The molecule has 1 aliphatic carbocycles. The van der Waals surface area contributed by atoms with Crippen molar-refractivity contribution in [2.24, 2.45) is 0 Å². The summed E-state index contributed by atoms with van der Waals surface area (Å²) in [5, 5.41) is 12.1. The normalized spacial score (nSPS) is 21.7. The molecule has 3 aromatic rings. The van der Waals surface area contributed by atoms with Gasteiger partial charge in [-0.15, -0.1) is 0 Å². The molecule has 0 spiro atoms. The van der Waals surface area contributed by atoms with Crippen LogP contribution >= 0.6 is 0 Å². The molecule has 1 aliphatic rings. The first-order valence-corrected chi connectivity index (χ1v) is 10.7. The van der Waals surface area contributed by atoms with E-state index in [1.807, 2.05) is 60.7 Å². The predicted octanol–water partition coefficient (Wildman–Crippen LogP) is 4.35. The van der Waals surface area contributed by atoms with Crippen molar-refractivity contribution in [2.75, 3.05) is 0 Å². The third-order valence-corrected chi connectivity index (χ3v) is 7.91. The Morgan fingerprint density at radius 3 is 2.39 bits per heavy atom. The van der Waals surface area contributed by atoms with E-state index in [2.05, 4.69) is 0 Å². The average Bonchev–Trinajstić information content (AvgIpc) is 3.10. The van der Waals surface area contributed by atoms with E-state index in [0.29, 0.717) is 23.1 Å². The van der Waals surface area contributed by atoms with E-state index >= 15 is 0 Å². The maximum Gasteiger partial charge on any atom is 0.248 e. The van der Waals surface area contributed by atoms with Gasteiger partial charge in [0.2, 0.25) is 10.0 Å². The van der Waals surface area contributed by atoms with Gasteiger partial charge in [0.15, 0.2) is 0 Å². The van der Waals surface area contributed by atoms with Crippen molar-refractivity contribution in [1.29, 1.82) is 0 Å². The summed E-state index contributed by atoms with van der Waals surface area (Å²) < 4.78 is 27.5. The number of hydrogen-bond donors (Lipinski definition) is 1. The summed E-state index contributed by atoms with van der Waals surface area (Å²) >= 11 is 0. The molecule has 2 aromatic carbocycles. The van der Waals surface area contributed by atoms with Crippen LogP contribution in [0, 0.1) is 0 Å². The van der Waals surface area contributed by atoms with Crippen LogP contribution in [0.25, 0.3) is 10.9 Å². The summed E-state index contributed by atoms with van der Waals surface area (Å²) in [5.74, 6) is 0. The molecule has 0 aliphatic heterocycles. The van der Waals surface area contributed by atoms with Crippen LogP contribution in [0.4, 0.5) is 0 Å². The van der Waals surface area contributed by atoms with Crippen molar-refractivity contribution < 1.29 is 13.5 Å². The van der Waals surface area contributed by atoms with Crippen LogP contribution in [-0.2, 0) is 15.6 Å². The maximum absolute atomic E-state index is 13.6. The standard InChI is InChI=1S/C23H23NO3S/c1-22(15-9-4-10-16-22)28(26,27)24-17-20(19-13-7-8-14-21(19)24)23(2,25)18-11-5-3-6-12-18/h3-15,17,25H,16H2,1-2H3. The summed E-state index contributed by atoms with van der Waals surface area (Å²) in [6.07, 6.45) is 9.20. The third-order valence-electron chi connectivity index (χ3n) is 5.61. The molecule has 0 saturated heterocycles. The molecule has 144 valence electrons. The zero-order chi connectivity index (χ0) is 20.0. The molecule has 0 radical (unpaired) electrons. The minimum absolute atomic E-state index is 0.406. The Hall–Kier alpha value is -2.63. The van der Waals surface area contributed by atoms with Crippen molar-refractivity contribution in [2.45, 2.75) is 30.6 Å². The van der Waals surface area contributed by atoms with Gasteiger partial charge in [-0.3, -0.25) is 0 Å². The zero-order valence-electron chi connectivity index (χ0n) is 15.9. The van der Waals surface area contributed by atoms with Gasteiger partial charge in [0, 0.05) is 17.1 Å². The highest BCUT2D eigenvalue weighted by Gasteiger charge is 2.40. The Balaban J connectivity index is 1.96. The lowest BCUT2D eigenvalue weighted by Gasteiger charge is -2.27. The molecule has 0 saturated carbocycles. The summed E-state index contributed by atoms with van der Waals surface area (Å²) in [4.78, 5) is 0. The average molecular weight is 394 g/mol. The Morgan fingerprint density at radius 2 is 1.71 bits per heavy atom. The summed E-state index contributed by atoms with van der Waals surface area (Å²) in [5.41, 5.74) is 0.516. The molecule has 0 amide bonds. The van der Waals surface area contributed by atoms with Gasteiger partial charge >= 0.3 is 0 Å². The van der Waals surface area contributed by atoms with Crippen LogP contribution in [-0.4, -0.2) is 22.2 Å². The van der Waals surface area contributed by atoms with Gasteiger partial charge in [0.05, 0.1) is 5.52 Å². The van der Waals surface area contributed by atoms with Gasteiger partial charge in [-0.2, -0.15) is 0 Å². The second kappa shape index (κ2) is 6.47. The lowest BCUT2D eigenvalue weighted by molar-refractivity contribution is 0.104. The largest absolute Gasteiger partial charge is 0.381 e. The molecule has 0 fully saturated rings. The molecule has 0 bridgehead atoms. The molecular weight excluding hydrogens is 370 g/mol. The first-order valence-electron chi connectivity index (χ1n) is 9.25. The first kappa shape index (κ1) is 18.7. The quantitative estimate of drug-likeness (QED) is 0.717. The van der Waals surface area contributed by atoms with E-state index in [1.54, 1.807) is 38.3 Å². The Labute approximate surface area is 165 Å². The molecule has 4 nitrogen and oxygen atoms in total. The first-order chi connectivity index (χ1) is 13.3. The number of allylic oxidation sites excluding steroid dienone is 3. The number of rotatable bonds is 4. The Kier molecular flexibility index (Phi) is 4.32. The molecule has 1 aromatic heterocycles. The lowest BCUT2D eigenvalue weighted by atomic mass is 9.88. The Bertz CT molecular complexity index is 1190. The monoisotopic (exact) mass is 393 g/mol. The number of aliphatic hydroxyl groups is 1. The fraction of sp³-hybridized carbons (Fsp3) is 0.217. The molecule has 2 unspecified atom stereocenters. The number of hydrogen-bond acceptors (Lipinski definition) is 3. The van der Waals surface area contributed by atoms with E-state index in [-0.39, 0.29) is 0 Å². The SMILES string of the molecule is CC(O)(c1ccccc1)c1cn(S(=O)(=O)C2(C)C=CC=CC2)c2ccccc12. The molecular formula is C23H23NO3S. The summed E-state index contributed by atoms with van der Waals surface area (Å²) in [7, 11) is -3.74. The smallest absolute Gasteiger partial charge is 0.248 e. The van der Waals surface area contributed by atoms with Crippen LogP contribution < -0.4 is 0 Å². The zero-order valence-corrected chi connectivity index (χ0v) is 16.7.